The highest BCUT2D eigenvalue weighted by Gasteiger charge is 2.15. The van der Waals surface area contributed by atoms with Crippen LogP contribution in [0.15, 0.2) is 22.6 Å². The van der Waals surface area contributed by atoms with Gasteiger partial charge in [-0.05, 0) is 26.0 Å². The van der Waals surface area contributed by atoms with Crippen molar-refractivity contribution < 1.29 is 9.15 Å². The number of rotatable bonds is 6. The van der Waals surface area contributed by atoms with Crippen molar-refractivity contribution in [2.75, 3.05) is 13.7 Å². The van der Waals surface area contributed by atoms with Crippen molar-refractivity contribution in [3.63, 3.8) is 0 Å². The number of hydrogen-bond donors (Lipinski definition) is 1. The molecule has 2 aromatic rings. The van der Waals surface area contributed by atoms with Crippen molar-refractivity contribution in [3.05, 3.63) is 29.5 Å². The quantitative estimate of drug-likeness (QED) is 0.848. The van der Waals surface area contributed by atoms with Gasteiger partial charge in [0.25, 0.3) is 0 Å². The number of ether oxygens (including phenoxy) is 1. The summed E-state index contributed by atoms with van der Waals surface area (Å²) in [6.07, 6.45) is 1.97. The van der Waals surface area contributed by atoms with E-state index < -0.39 is 0 Å². The minimum Gasteiger partial charge on any atom is -0.490 e. The smallest absolute Gasteiger partial charge is 0.176 e. The summed E-state index contributed by atoms with van der Waals surface area (Å²) >= 11 is 0. The number of benzene rings is 1. The van der Waals surface area contributed by atoms with E-state index in [-0.39, 0.29) is 0 Å². The van der Waals surface area contributed by atoms with E-state index in [4.69, 9.17) is 9.15 Å². The lowest BCUT2D eigenvalue weighted by Gasteiger charge is -2.04. The molecule has 1 N–H and O–H groups in total. The monoisotopic (exact) mass is 247 g/mol. The van der Waals surface area contributed by atoms with Crippen molar-refractivity contribution in [1.82, 2.24) is 5.32 Å². The highest BCUT2D eigenvalue weighted by molar-refractivity contribution is 5.87. The second-order valence-corrected chi connectivity index (χ2v) is 4.37. The number of furan rings is 1. The van der Waals surface area contributed by atoms with Gasteiger partial charge >= 0.3 is 0 Å². The summed E-state index contributed by atoms with van der Waals surface area (Å²) in [6.45, 7) is 5.74. The molecule has 0 spiro atoms. The van der Waals surface area contributed by atoms with Crippen LogP contribution in [0.1, 0.15) is 31.6 Å². The van der Waals surface area contributed by atoms with E-state index in [0.717, 1.165) is 43.1 Å². The highest BCUT2D eigenvalue weighted by atomic mass is 16.5. The van der Waals surface area contributed by atoms with E-state index >= 15 is 0 Å². The zero-order chi connectivity index (χ0) is 13.0. The minimum absolute atomic E-state index is 0.725. The van der Waals surface area contributed by atoms with E-state index in [1.165, 1.54) is 10.9 Å². The van der Waals surface area contributed by atoms with Gasteiger partial charge in [-0.15, -0.1) is 0 Å². The van der Waals surface area contributed by atoms with Crippen LogP contribution in [0.2, 0.25) is 0 Å². The predicted molar refractivity (Wildman–Crippen MR) is 74.1 cm³/mol. The molecule has 0 amide bonds. The topological polar surface area (TPSA) is 34.4 Å². The Kier molecular flexibility index (Phi) is 4.26. The molecule has 3 heteroatoms. The Morgan fingerprint density at radius 2 is 2.11 bits per heavy atom. The average Bonchev–Trinajstić information content (AvgIpc) is 2.74. The number of aryl methyl sites for hydroxylation is 1. The van der Waals surface area contributed by atoms with Crippen LogP contribution in [-0.4, -0.2) is 13.7 Å². The van der Waals surface area contributed by atoms with Gasteiger partial charge in [-0.25, -0.2) is 0 Å². The molecule has 0 saturated heterocycles. The standard InChI is InChI=1S/C15H21NO2/c1-4-9-17-13-8-6-7-12-11(5-2)14(10-16-3)18-15(12)13/h6-8,16H,4-5,9-10H2,1-3H3. The molecule has 1 heterocycles. The molecule has 0 fully saturated rings. The second kappa shape index (κ2) is 5.91. The molecule has 0 atom stereocenters. The summed E-state index contributed by atoms with van der Waals surface area (Å²) in [5.74, 6) is 1.87. The maximum atomic E-state index is 5.97. The molecule has 1 aromatic heterocycles. The largest absolute Gasteiger partial charge is 0.490 e. The van der Waals surface area contributed by atoms with Crippen LogP contribution >= 0.6 is 0 Å². The molecular formula is C15H21NO2. The lowest BCUT2D eigenvalue weighted by molar-refractivity contribution is 0.315. The molecule has 2 rings (SSSR count). The van der Waals surface area contributed by atoms with E-state index in [0.29, 0.717) is 0 Å². The zero-order valence-corrected chi connectivity index (χ0v) is 11.4. The fourth-order valence-electron chi connectivity index (χ4n) is 2.21. The van der Waals surface area contributed by atoms with Gasteiger partial charge in [0.1, 0.15) is 5.76 Å². The maximum absolute atomic E-state index is 5.97. The number of fused-ring (bicyclic) bond motifs is 1. The normalized spacial score (nSPS) is 11.1. The van der Waals surface area contributed by atoms with Gasteiger partial charge in [-0.2, -0.15) is 0 Å². The second-order valence-electron chi connectivity index (χ2n) is 4.37. The molecule has 0 aliphatic carbocycles. The van der Waals surface area contributed by atoms with Gasteiger partial charge in [0.05, 0.1) is 13.2 Å². The van der Waals surface area contributed by atoms with Gasteiger partial charge in [-0.3, -0.25) is 0 Å². The SMILES string of the molecule is CCCOc1cccc2c(CC)c(CNC)oc12. The van der Waals surface area contributed by atoms with Crippen LogP contribution < -0.4 is 10.1 Å². The summed E-state index contributed by atoms with van der Waals surface area (Å²) in [4.78, 5) is 0. The Balaban J connectivity index is 2.48. The van der Waals surface area contributed by atoms with Crippen LogP contribution in [0.5, 0.6) is 5.75 Å². The Morgan fingerprint density at radius 1 is 1.28 bits per heavy atom. The van der Waals surface area contributed by atoms with Crippen LogP contribution in [0.4, 0.5) is 0 Å². The third-order valence-corrected chi connectivity index (χ3v) is 3.02. The van der Waals surface area contributed by atoms with Crippen molar-refractivity contribution >= 4 is 11.0 Å². The Morgan fingerprint density at radius 3 is 2.78 bits per heavy atom. The predicted octanol–water partition coefficient (Wildman–Crippen LogP) is 3.50. The van der Waals surface area contributed by atoms with Gasteiger partial charge in [0.15, 0.2) is 11.3 Å². The summed E-state index contributed by atoms with van der Waals surface area (Å²) in [5, 5.41) is 4.32. The summed E-state index contributed by atoms with van der Waals surface area (Å²) in [5.41, 5.74) is 2.16. The lowest BCUT2D eigenvalue weighted by atomic mass is 10.1. The Bertz CT molecular complexity index is 516. The van der Waals surface area contributed by atoms with Crippen LogP contribution in [-0.2, 0) is 13.0 Å². The molecule has 0 unspecified atom stereocenters. The zero-order valence-electron chi connectivity index (χ0n) is 11.4. The highest BCUT2D eigenvalue weighted by Crippen LogP contribution is 2.33. The molecular weight excluding hydrogens is 226 g/mol. The third kappa shape index (κ3) is 2.36. The first-order chi connectivity index (χ1) is 8.81. The molecule has 0 aliphatic heterocycles. The molecule has 0 bridgehead atoms. The summed E-state index contributed by atoms with van der Waals surface area (Å²) in [7, 11) is 1.93. The van der Waals surface area contributed by atoms with E-state index in [1.807, 2.05) is 19.2 Å². The summed E-state index contributed by atoms with van der Waals surface area (Å²) < 4.78 is 11.7. The minimum atomic E-state index is 0.725. The van der Waals surface area contributed by atoms with Crippen molar-refractivity contribution in [1.29, 1.82) is 0 Å². The van der Waals surface area contributed by atoms with Gasteiger partial charge in [0.2, 0.25) is 0 Å². The van der Waals surface area contributed by atoms with Crippen molar-refractivity contribution in [2.24, 2.45) is 0 Å². The first kappa shape index (κ1) is 13.0. The number of nitrogens with one attached hydrogen (secondary N) is 1. The number of para-hydroxylation sites is 1. The maximum Gasteiger partial charge on any atom is 0.176 e. The Hall–Kier alpha value is -1.48. The first-order valence-corrected chi connectivity index (χ1v) is 6.62. The van der Waals surface area contributed by atoms with Crippen LogP contribution in [0.3, 0.4) is 0 Å². The van der Waals surface area contributed by atoms with Crippen molar-refractivity contribution in [2.45, 2.75) is 33.2 Å². The summed E-state index contributed by atoms with van der Waals surface area (Å²) in [6, 6.07) is 6.12. The fraction of sp³-hybridized carbons (Fsp3) is 0.467. The average molecular weight is 247 g/mol. The van der Waals surface area contributed by atoms with Gasteiger partial charge < -0.3 is 14.5 Å². The van der Waals surface area contributed by atoms with E-state index in [9.17, 15) is 0 Å². The molecule has 0 aliphatic rings. The number of hydrogen-bond acceptors (Lipinski definition) is 3. The third-order valence-electron chi connectivity index (χ3n) is 3.02. The van der Waals surface area contributed by atoms with E-state index in [2.05, 4.69) is 25.2 Å². The van der Waals surface area contributed by atoms with E-state index in [1.54, 1.807) is 0 Å². The molecule has 3 nitrogen and oxygen atoms in total. The van der Waals surface area contributed by atoms with Gasteiger partial charge in [-0.1, -0.05) is 26.0 Å². The first-order valence-electron chi connectivity index (χ1n) is 6.62. The fourth-order valence-corrected chi connectivity index (χ4v) is 2.21. The molecule has 0 radical (unpaired) electrons. The molecule has 18 heavy (non-hydrogen) atoms. The lowest BCUT2D eigenvalue weighted by Crippen LogP contribution is -2.05. The molecule has 98 valence electrons. The van der Waals surface area contributed by atoms with Crippen LogP contribution in [0, 0.1) is 0 Å². The van der Waals surface area contributed by atoms with Crippen molar-refractivity contribution in [3.8, 4) is 5.75 Å². The Labute approximate surface area is 108 Å². The van der Waals surface area contributed by atoms with Crippen LogP contribution in [0.25, 0.3) is 11.0 Å². The van der Waals surface area contributed by atoms with Gasteiger partial charge in [0, 0.05) is 10.9 Å². The molecule has 0 saturated carbocycles. The molecule has 1 aromatic carbocycles.